The topological polar surface area (TPSA) is 57.6 Å². The summed E-state index contributed by atoms with van der Waals surface area (Å²) < 4.78 is 0. The summed E-state index contributed by atoms with van der Waals surface area (Å²) in [6, 6.07) is 16.5. The van der Waals surface area contributed by atoms with Crippen LogP contribution in [-0.4, -0.2) is 34.2 Å². The molecule has 2 aromatic carbocycles. The Balaban J connectivity index is 1.67. The zero-order chi connectivity index (χ0) is 16.9. The molecule has 3 rings (SSSR count). The molecule has 0 bridgehead atoms. The molecule has 0 aromatic heterocycles. The monoisotopic (exact) mass is 341 g/mol. The van der Waals surface area contributed by atoms with E-state index in [2.05, 4.69) is 0 Å². The highest BCUT2D eigenvalue weighted by molar-refractivity contribution is 7.99. The predicted molar refractivity (Wildman–Crippen MR) is 94.0 cm³/mol. The van der Waals surface area contributed by atoms with Gasteiger partial charge in [0.15, 0.2) is 6.04 Å². The second-order valence-corrected chi connectivity index (χ2v) is 6.86. The first kappa shape index (κ1) is 16.6. The van der Waals surface area contributed by atoms with Gasteiger partial charge in [0.1, 0.15) is 0 Å². The van der Waals surface area contributed by atoms with Crippen LogP contribution in [0.3, 0.4) is 0 Å². The summed E-state index contributed by atoms with van der Waals surface area (Å²) in [6.45, 7) is 0.461. The zero-order valence-corrected chi connectivity index (χ0v) is 14.0. The van der Waals surface area contributed by atoms with E-state index < -0.39 is 12.0 Å². The van der Waals surface area contributed by atoms with Crippen molar-refractivity contribution in [1.82, 2.24) is 4.90 Å². The summed E-state index contributed by atoms with van der Waals surface area (Å²) in [5, 5.41) is 9.61. The van der Waals surface area contributed by atoms with Gasteiger partial charge in [-0.2, -0.15) is 0 Å². The van der Waals surface area contributed by atoms with E-state index in [1.165, 1.54) is 4.90 Å². The van der Waals surface area contributed by atoms with Gasteiger partial charge in [-0.05, 0) is 29.7 Å². The Bertz CT molecular complexity index is 732. The summed E-state index contributed by atoms with van der Waals surface area (Å²) >= 11 is 1.61. The number of hydrogen-bond acceptors (Lipinski definition) is 3. The van der Waals surface area contributed by atoms with Gasteiger partial charge in [0.2, 0.25) is 5.91 Å². The molecule has 4 nitrogen and oxygen atoms in total. The molecule has 2 aromatic rings. The van der Waals surface area contributed by atoms with Crippen molar-refractivity contribution in [2.45, 2.75) is 23.8 Å². The third-order valence-corrected chi connectivity index (χ3v) is 5.18. The summed E-state index contributed by atoms with van der Waals surface area (Å²) in [4.78, 5) is 26.9. The minimum absolute atomic E-state index is 0.0969. The standard InChI is InChI=1S/C19H19NO3S/c21-17(11-13-24-15-7-2-1-3-8-15)20-12-10-14-6-4-5-9-16(14)18(20)19(22)23/h1-9,18H,10-13H2,(H,22,23). The Morgan fingerprint density at radius 2 is 1.79 bits per heavy atom. The number of fused-ring (bicyclic) bond motifs is 1. The average molecular weight is 341 g/mol. The van der Waals surface area contributed by atoms with Crippen LogP contribution in [0.25, 0.3) is 0 Å². The Labute approximate surface area is 145 Å². The molecule has 0 saturated heterocycles. The van der Waals surface area contributed by atoms with Crippen LogP contribution in [0.1, 0.15) is 23.6 Å². The lowest BCUT2D eigenvalue weighted by Crippen LogP contribution is -2.43. The fourth-order valence-corrected chi connectivity index (χ4v) is 3.88. The number of carbonyl (C=O) groups is 2. The van der Waals surface area contributed by atoms with Gasteiger partial charge in [-0.25, -0.2) is 4.79 Å². The first-order chi connectivity index (χ1) is 11.7. The molecule has 0 fully saturated rings. The molecule has 1 N–H and O–H groups in total. The maximum Gasteiger partial charge on any atom is 0.331 e. The van der Waals surface area contributed by atoms with E-state index in [0.717, 1.165) is 16.0 Å². The Hall–Kier alpha value is -2.27. The molecule has 0 saturated carbocycles. The van der Waals surface area contributed by atoms with Crippen LogP contribution in [0.5, 0.6) is 0 Å². The Kier molecular flexibility index (Phi) is 5.20. The molecular formula is C19H19NO3S. The average Bonchev–Trinajstić information content (AvgIpc) is 2.61. The van der Waals surface area contributed by atoms with E-state index in [1.54, 1.807) is 11.8 Å². The van der Waals surface area contributed by atoms with Crippen molar-refractivity contribution in [3.8, 4) is 0 Å². The number of carboxylic acid groups (broad SMARTS) is 1. The normalized spacial score (nSPS) is 16.5. The molecule has 5 heteroatoms. The summed E-state index contributed by atoms with van der Waals surface area (Å²) in [6.07, 6.45) is 1.04. The van der Waals surface area contributed by atoms with Gasteiger partial charge < -0.3 is 10.0 Å². The molecule has 1 atom stereocenters. The lowest BCUT2D eigenvalue weighted by atomic mass is 9.92. The second-order valence-electron chi connectivity index (χ2n) is 5.69. The van der Waals surface area contributed by atoms with Crippen molar-refractivity contribution in [1.29, 1.82) is 0 Å². The first-order valence-electron chi connectivity index (χ1n) is 7.95. The van der Waals surface area contributed by atoms with E-state index in [9.17, 15) is 14.7 Å². The Morgan fingerprint density at radius 1 is 1.08 bits per heavy atom. The molecule has 24 heavy (non-hydrogen) atoms. The van der Waals surface area contributed by atoms with Crippen molar-refractivity contribution >= 4 is 23.6 Å². The number of hydrogen-bond donors (Lipinski definition) is 1. The fourth-order valence-electron chi connectivity index (χ4n) is 3.02. The van der Waals surface area contributed by atoms with Crippen molar-refractivity contribution in [2.24, 2.45) is 0 Å². The van der Waals surface area contributed by atoms with Crippen LogP contribution >= 0.6 is 11.8 Å². The van der Waals surface area contributed by atoms with Crippen LogP contribution in [0.2, 0.25) is 0 Å². The third kappa shape index (κ3) is 3.62. The minimum Gasteiger partial charge on any atom is -0.479 e. The lowest BCUT2D eigenvalue weighted by Gasteiger charge is -2.34. The number of rotatable bonds is 5. The first-order valence-corrected chi connectivity index (χ1v) is 8.93. The number of amides is 1. The van der Waals surface area contributed by atoms with Crippen LogP contribution in [0.4, 0.5) is 0 Å². The molecule has 1 aliphatic rings. The van der Waals surface area contributed by atoms with Crippen molar-refractivity contribution < 1.29 is 14.7 Å². The fraction of sp³-hybridized carbons (Fsp3) is 0.263. The highest BCUT2D eigenvalue weighted by Gasteiger charge is 2.35. The number of benzene rings is 2. The van der Waals surface area contributed by atoms with Crippen LogP contribution < -0.4 is 0 Å². The summed E-state index contributed by atoms with van der Waals surface area (Å²) in [5.74, 6) is -0.417. The number of aliphatic carboxylic acids is 1. The highest BCUT2D eigenvalue weighted by atomic mass is 32.2. The highest BCUT2D eigenvalue weighted by Crippen LogP contribution is 2.30. The van der Waals surface area contributed by atoms with E-state index in [-0.39, 0.29) is 5.91 Å². The van der Waals surface area contributed by atoms with Crippen LogP contribution in [0.15, 0.2) is 59.5 Å². The maximum absolute atomic E-state index is 12.6. The van der Waals surface area contributed by atoms with E-state index in [0.29, 0.717) is 25.1 Å². The molecular weight excluding hydrogens is 322 g/mol. The predicted octanol–water partition coefficient (Wildman–Crippen LogP) is 3.38. The second kappa shape index (κ2) is 7.53. The molecule has 1 amide bonds. The van der Waals surface area contributed by atoms with Gasteiger partial charge >= 0.3 is 5.97 Å². The number of carbonyl (C=O) groups excluding carboxylic acids is 1. The van der Waals surface area contributed by atoms with Crippen LogP contribution in [-0.2, 0) is 16.0 Å². The maximum atomic E-state index is 12.6. The van der Waals surface area contributed by atoms with Crippen LogP contribution in [0, 0.1) is 0 Å². The molecule has 0 aliphatic carbocycles. The number of thioether (sulfide) groups is 1. The van der Waals surface area contributed by atoms with E-state index in [1.807, 2.05) is 54.6 Å². The van der Waals surface area contributed by atoms with Gasteiger partial charge in [0, 0.05) is 23.6 Å². The molecule has 1 heterocycles. The summed E-state index contributed by atoms with van der Waals surface area (Å²) in [5.41, 5.74) is 1.76. The Morgan fingerprint density at radius 3 is 2.54 bits per heavy atom. The largest absolute Gasteiger partial charge is 0.479 e. The van der Waals surface area contributed by atoms with Crippen molar-refractivity contribution in [2.75, 3.05) is 12.3 Å². The molecule has 124 valence electrons. The van der Waals surface area contributed by atoms with E-state index >= 15 is 0 Å². The molecule has 0 spiro atoms. The molecule has 1 aliphatic heterocycles. The smallest absolute Gasteiger partial charge is 0.331 e. The zero-order valence-electron chi connectivity index (χ0n) is 13.2. The number of nitrogens with zero attached hydrogens (tertiary/aromatic N) is 1. The molecule has 1 unspecified atom stereocenters. The van der Waals surface area contributed by atoms with Gasteiger partial charge in [-0.1, -0.05) is 42.5 Å². The van der Waals surface area contributed by atoms with Crippen molar-refractivity contribution in [3.63, 3.8) is 0 Å². The van der Waals surface area contributed by atoms with Gasteiger partial charge in [-0.3, -0.25) is 4.79 Å². The van der Waals surface area contributed by atoms with E-state index in [4.69, 9.17) is 0 Å². The van der Waals surface area contributed by atoms with Crippen molar-refractivity contribution in [3.05, 3.63) is 65.7 Å². The quantitative estimate of drug-likeness (QED) is 0.847. The summed E-state index contributed by atoms with van der Waals surface area (Å²) in [7, 11) is 0. The molecule has 0 radical (unpaired) electrons. The minimum atomic E-state index is -0.966. The number of carboxylic acids is 1. The lowest BCUT2D eigenvalue weighted by molar-refractivity contribution is -0.151. The van der Waals surface area contributed by atoms with Gasteiger partial charge in [-0.15, -0.1) is 11.8 Å². The van der Waals surface area contributed by atoms with Gasteiger partial charge in [0.25, 0.3) is 0 Å². The van der Waals surface area contributed by atoms with Gasteiger partial charge in [0.05, 0.1) is 0 Å². The third-order valence-electron chi connectivity index (χ3n) is 4.17. The SMILES string of the molecule is O=C(O)C1c2ccccc2CCN1C(=O)CCSc1ccccc1.